The Balaban J connectivity index is 2.49. The Labute approximate surface area is 109 Å². The van der Waals surface area contributed by atoms with Crippen LogP contribution in [0.2, 0.25) is 0 Å². The van der Waals surface area contributed by atoms with Gasteiger partial charge in [-0.1, -0.05) is 32.9 Å². The second-order valence-electron chi connectivity index (χ2n) is 5.61. The summed E-state index contributed by atoms with van der Waals surface area (Å²) in [6, 6.07) is 6.26. The summed E-state index contributed by atoms with van der Waals surface area (Å²) in [6.07, 6.45) is 4.45. The molecule has 1 amide bonds. The van der Waals surface area contributed by atoms with Gasteiger partial charge in [0.15, 0.2) is 0 Å². The number of fused-ring (bicyclic) bond motifs is 1. The third kappa shape index (κ3) is 2.33. The number of allylic oxidation sites excluding steroid dienone is 2. The first kappa shape index (κ1) is 12.9. The number of benzene rings is 1. The molecule has 0 radical (unpaired) electrons. The molecule has 0 saturated heterocycles. The zero-order chi connectivity index (χ0) is 13.3. The molecule has 0 saturated carbocycles. The van der Waals surface area contributed by atoms with Gasteiger partial charge in [-0.25, -0.2) is 0 Å². The molecule has 0 unspecified atom stereocenters. The molecule has 0 aliphatic heterocycles. The molecule has 0 atom stereocenters. The highest BCUT2D eigenvalue weighted by Crippen LogP contribution is 2.40. The fourth-order valence-electron chi connectivity index (χ4n) is 2.61. The number of anilines is 1. The van der Waals surface area contributed by atoms with Crippen LogP contribution in [-0.4, -0.2) is 5.91 Å². The van der Waals surface area contributed by atoms with Crippen LogP contribution in [0, 0.1) is 0 Å². The Hall–Kier alpha value is -1.57. The molecule has 0 fully saturated rings. The molecule has 0 bridgehead atoms. The first-order valence-electron chi connectivity index (χ1n) is 6.55. The second-order valence-corrected chi connectivity index (χ2v) is 5.61. The minimum atomic E-state index is -0.0213. The standard InChI is InChI=1S/C16H21NO/c1-5-12-8-9-16(3,4)15-7-6-13(10-14(12)15)17-11(2)18/h6-8,10H,5,9H2,1-4H3,(H,17,18). The van der Waals surface area contributed by atoms with Crippen LogP contribution in [0.25, 0.3) is 5.57 Å². The molecule has 0 spiro atoms. The number of carbonyl (C=O) groups is 1. The summed E-state index contributed by atoms with van der Waals surface area (Å²) in [5.41, 5.74) is 5.13. The summed E-state index contributed by atoms with van der Waals surface area (Å²) in [5.74, 6) is -0.0213. The molecule has 2 heteroatoms. The van der Waals surface area contributed by atoms with Gasteiger partial charge in [0.25, 0.3) is 0 Å². The van der Waals surface area contributed by atoms with E-state index < -0.39 is 0 Å². The number of rotatable bonds is 2. The van der Waals surface area contributed by atoms with E-state index in [-0.39, 0.29) is 11.3 Å². The van der Waals surface area contributed by atoms with Crippen molar-refractivity contribution in [2.75, 3.05) is 5.32 Å². The zero-order valence-electron chi connectivity index (χ0n) is 11.6. The van der Waals surface area contributed by atoms with Crippen molar-refractivity contribution in [3.63, 3.8) is 0 Å². The van der Waals surface area contributed by atoms with Gasteiger partial charge in [0.05, 0.1) is 0 Å². The lowest BCUT2D eigenvalue weighted by Gasteiger charge is -2.32. The highest BCUT2D eigenvalue weighted by molar-refractivity contribution is 5.89. The number of hydrogen-bond acceptors (Lipinski definition) is 1. The summed E-state index contributed by atoms with van der Waals surface area (Å²) in [7, 11) is 0. The van der Waals surface area contributed by atoms with E-state index in [0.29, 0.717) is 0 Å². The molecular formula is C16H21NO. The maximum absolute atomic E-state index is 11.1. The van der Waals surface area contributed by atoms with Crippen LogP contribution >= 0.6 is 0 Å². The number of hydrogen-bond donors (Lipinski definition) is 1. The fraction of sp³-hybridized carbons (Fsp3) is 0.438. The molecule has 1 aliphatic carbocycles. The van der Waals surface area contributed by atoms with Gasteiger partial charge in [-0.15, -0.1) is 0 Å². The van der Waals surface area contributed by atoms with E-state index in [4.69, 9.17) is 0 Å². The Morgan fingerprint density at radius 2 is 2.11 bits per heavy atom. The Morgan fingerprint density at radius 3 is 2.72 bits per heavy atom. The van der Waals surface area contributed by atoms with Gasteiger partial charge in [0.1, 0.15) is 0 Å². The summed E-state index contributed by atoms with van der Waals surface area (Å²) < 4.78 is 0. The van der Waals surface area contributed by atoms with Crippen LogP contribution in [0.3, 0.4) is 0 Å². The quantitative estimate of drug-likeness (QED) is 0.831. The van der Waals surface area contributed by atoms with Crippen molar-refractivity contribution in [2.24, 2.45) is 0 Å². The predicted molar refractivity (Wildman–Crippen MR) is 76.7 cm³/mol. The fourth-order valence-corrected chi connectivity index (χ4v) is 2.61. The number of amides is 1. The molecule has 0 heterocycles. The number of carbonyl (C=O) groups excluding carboxylic acids is 1. The van der Waals surface area contributed by atoms with Crippen molar-refractivity contribution >= 4 is 17.2 Å². The van der Waals surface area contributed by atoms with Crippen molar-refractivity contribution in [3.05, 3.63) is 35.4 Å². The van der Waals surface area contributed by atoms with Gasteiger partial charge < -0.3 is 5.32 Å². The van der Waals surface area contributed by atoms with E-state index in [0.717, 1.165) is 18.5 Å². The lowest BCUT2D eigenvalue weighted by atomic mass is 9.73. The SMILES string of the molecule is CCC1=CCC(C)(C)c2ccc(NC(C)=O)cc21. The molecule has 1 N–H and O–H groups in total. The Bertz CT molecular complexity index is 512. The third-order valence-corrected chi connectivity index (χ3v) is 3.65. The predicted octanol–water partition coefficient (Wildman–Crippen LogP) is 4.12. The Morgan fingerprint density at radius 1 is 1.39 bits per heavy atom. The normalized spacial score (nSPS) is 16.8. The van der Waals surface area contributed by atoms with Crippen molar-refractivity contribution in [1.29, 1.82) is 0 Å². The van der Waals surface area contributed by atoms with E-state index in [1.165, 1.54) is 16.7 Å². The van der Waals surface area contributed by atoms with Crippen molar-refractivity contribution in [2.45, 2.75) is 46.0 Å². The lowest BCUT2D eigenvalue weighted by molar-refractivity contribution is -0.114. The minimum Gasteiger partial charge on any atom is -0.326 e. The molecular weight excluding hydrogens is 222 g/mol. The maximum atomic E-state index is 11.1. The van der Waals surface area contributed by atoms with Gasteiger partial charge in [-0.2, -0.15) is 0 Å². The molecule has 0 aromatic heterocycles. The zero-order valence-corrected chi connectivity index (χ0v) is 11.6. The molecule has 1 aromatic carbocycles. The topological polar surface area (TPSA) is 29.1 Å². The molecule has 18 heavy (non-hydrogen) atoms. The largest absolute Gasteiger partial charge is 0.326 e. The van der Waals surface area contributed by atoms with Crippen LogP contribution in [0.15, 0.2) is 24.3 Å². The first-order valence-corrected chi connectivity index (χ1v) is 6.55. The maximum Gasteiger partial charge on any atom is 0.221 e. The van der Waals surface area contributed by atoms with Crippen molar-refractivity contribution in [1.82, 2.24) is 0 Å². The molecule has 96 valence electrons. The van der Waals surface area contributed by atoms with Crippen LogP contribution in [0.4, 0.5) is 5.69 Å². The highest BCUT2D eigenvalue weighted by Gasteiger charge is 2.27. The van der Waals surface area contributed by atoms with Gasteiger partial charge in [-0.3, -0.25) is 4.79 Å². The van der Waals surface area contributed by atoms with Gasteiger partial charge in [0.2, 0.25) is 5.91 Å². The summed E-state index contributed by atoms with van der Waals surface area (Å²) in [5, 5.41) is 2.86. The summed E-state index contributed by atoms with van der Waals surface area (Å²) >= 11 is 0. The molecule has 2 rings (SSSR count). The average molecular weight is 243 g/mol. The lowest BCUT2D eigenvalue weighted by Crippen LogP contribution is -2.21. The minimum absolute atomic E-state index is 0.0213. The molecule has 1 aromatic rings. The Kier molecular flexibility index (Phi) is 3.29. The van der Waals surface area contributed by atoms with Crippen molar-refractivity contribution < 1.29 is 4.79 Å². The summed E-state index contributed by atoms with van der Waals surface area (Å²) in [6.45, 7) is 8.26. The average Bonchev–Trinajstić information content (AvgIpc) is 2.28. The van der Waals surface area contributed by atoms with Gasteiger partial charge in [0, 0.05) is 12.6 Å². The van der Waals surface area contributed by atoms with Gasteiger partial charge >= 0.3 is 0 Å². The second kappa shape index (κ2) is 4.60. The van der Waals surface area contributed by atoms with Crippen molar-refractivity contribution in [3.8, 4) is 0 Å². The molecule has 1 aliphatic rings. The number of nitrogens with one attached hydrogen (secondary N) is 1. The smallest absolute Gasteiger partial charge is 0.221 e. The summed E-state index contributed by atoms with van der Waals surface area (Å²) in [4.78, 5) is 11.1. The molecule has 2 nitrogen and oxygen atoms in total. The van der Waals surface area contributed by atoms with E-state index in [9.17, 15) is 4.79 Å². The monoisotopic (exact) mass is 243 g/mol. The van der Waals surface area contributed by atoms with Crippen LogP contribution in [-0.2, 0) is 10.2 Å². The van der Waals surface area contributed by atoms with Crippen LogP contribution < -0.4 is 5.32 Å². The first-order chi connectivity index (χ1) is 8.44. The van der Waals surface area contributed by atoms with Crippen LogP contribution in [0.5, 0.6) is 0 Å². The van der Waals surface area contributed by atoms with E-state index in [1.54, 1.807) is 6.92 Å². The van der Waals surface area contributed by atoms with Gasteiger partial charge in [-0.05, 0) is 47.1 Å². The highest BCUT2D eigenvalue weighted by atomic mass is 16.1. The van der Waals surface area contributed by atoms with Crippen LogP contribution in [0.1, 0.15) is 51.7 Å². The van der Waals surface area contributed by atoms with E-state index in [2.05, 4.69) is 44.3 Å². The van der Waals surface area contributed by atoms with E-state index in [1.807, 2.05) is 6.07 Å². The van der Waals surface area contributed by atoms with E-state index >= 15 is 0 Å². The third-order valence-electron chi connectivity index (χ3n) is 3.65.